The Kier molecular flexibility index (Phi) is 3.84. The Balaban J connectivity index is 1.91. The number of halogens is 2. The maximum atomic E-state index is 12.5. The number of aryl methyl sites for hydroxylation is 1. The van der Waals surface area contributed by atoms with E-state index in [-0.39, 0.29) is 11.7 Å². The third kappa shape index (κ3) is 2.74. The quantitative estimate of drug-likeness (QED) is 0.938. The number of fused-ring (bicyclic) bond motifs is 1. The Bertz CT molecular complexity index is 633. The first kappa shape index (κ1) is 13.9. The molecule has 0 fully saturated rings. The molecule has 0 aliphatic heterocycles. The number of hydrogen-bond acceptors (Lipinski definition) is 3. The molecule has 0 spiro atoms. The number of pyridine rings is 1. The van der Waals surface area contributed by atoms with Crippen LogP contribution in [-0.4, -0.2) is 16.7 Å². The molecule has 0 bridgehead atoms. The summed E-state index contributed by atoms with van der Waals surface area (Å²) >= 11 is 0. The highest BCUT2D eigenvalue weighted by Gasteiger charge is 2.32. The van der Waals surface area contributed by atoms with Gasteiger partial charge >= 0.3 is 6.61 Å². The van der Waals surface area contributed by atoms with Crippen molar-refractivity contribution in [3.05, 3.63) is 59.4 Å². The molecule has 3 rings (SSSR count). The maximum absolute atomic E-state index is 12.5. The number of para-hydroxylation sites is 1. The van der Waals surface area contributed by atoms with E-state index in [1.54, 1.807) is 24.4 Å². The van der Waals surface area contributed by atoms with Crippen molar-refractivity contribution in [2.24, 2.45) is 0 Å². The highest BCUT2D eigenvalue weighted by Crippen LogP contribution is 2.42. The highest BCUT2D eigenvalue weighted by atomic mass is 19.3. The lowest BCUT2D eigenvalue weighted by Crippen LogP contribution is -2.12. The molecule has 2 unspecified atom stereocenters. The van der Waals surface area contributed by atoms with Crippen molar-refractivity contribution in [2.45, 2.75) is 31.5 Å². The fourth-order valence-corrected chi connectivity index (χ4v) is 2.90. The minimum absolute atomic E-state index is 0.0179. The maximum Gasteiger partial charge on any atom is 0.387 e. The predicted molar refractivity (Wildman–Crippen MR) is 73.3 cm³/mol. The van der Waals surface area contributed by atoms with Crippen LogP contribution in [0.2, 0.25) is 0 Å². The zero-order chi connectivity index (χ0) is 14.8. The molecule has 1 aromatic heterocycles. The monoisotopic (exact) mass is 291 g/mol. The van der Waals surface area contributed by atoms with Crippen LogP contribution in [0.1, 0.15) is 35.3 Å². The van der Waals surface area contributed by atoms with Crippen LogP contribution in [-0.2, 0) is 6.42 Å². The molecule has 110 valence electrons. The van der Waals surface area contributed by atoms with Crippen molar-refractivity contribution < 1.29 is 18.6 Å². The molecule has 2 aromatic rings. The molecule has 21 heavy (non-hydrogen) atoms. The van der Waals surface area contributed by atoms with E-state index in [9.17, 15) is 13.9 Å². The minimum Gasteiger partial charge on any atom is -0.434 e. The van der Waals surface area contributed by atoms with Gasteiger partial charge in [-0.25, -0.2) is 0 Å². The molecule has 5 heteroatoms. The molecule has 3 nitrogen and oxygen atoms in total. The van der Waals surface area contributed by atoms with Crippen LogP contribution in [0.3, 0.4) is 0 Å². The standard InChI is InChI=1S/C16H15F2NO2/c17-16(18)21-13-6-2-1-5-11(13)15(20)12-8-7-10-4-3-9-19-14(10)12/h1-6,9,12,15-16,20H,7-8H2. The van der Waals surface area contributed by atoms with Crippen LogP contribution in [0.5, 0.6) is 5.75 Å². The van der Waals surface area contributed by atoms with Gasteiger partial charge in [0, 0.05) is 23.4 Å². The number of aliphatic hydroxyl groups excluding tert-OH is 1. The van der Waals surface area contributed by atoms with Crippen molar-refractivity contribution in [3.63, 3.8) is 0 Å². The first-order valence-corrected chi connectivity index (χ1v) is 6.82. The number of aliphatic hydroxyl groups is 1. The van der Waals surface area contributed by atoms with E-state index in [1.807, 2.05) is 12.1 Å². The van der Waals surface area contributed by atoms with Gasteiger partial charge in [-0.3, -0.25) is 4.98 Å². The Labute approximate surface area is 121 Å². The van der Waals surface area contributed by atoms with E-state index in [0.717, 1.165) is 24.1 Å². The smallest absolute Gasteiger partial charge is 0.387 e. The second kappa shape index (κ2) is 5.77. The summed E-state index contributed by atoms with van der Waals surface area (Å²) < 4.78 is 29.4. The SMILES string of the molecule is OC(c1ccccc1OC(F)F)C1CCc2cccnc21. The Morgan fingerprint density at radius 1 is 1.19 bits per heavy atom. The van der Waals surface area contributed by atoms with Gasteiger partial charge < -0.3 is 9.84 Å². The lowest BCUT2D eigenvalue weighted by molar-refractivity contribution is -0.0518. The van der Waals surface area contributed by atoms with Crippen molar-refractivity contribution in [2.75, 3.05) is 0 Å². The molecule has 0 saturated carbocycles. The molecular formula is C16H15F2NO2. The Morgan fingerprint density at radius 3 is 2.81 bits per heavy atom. The Morgan fingerprint density at radius 2 is 2.00 bits per heavy atom. The summed E-state index contributed by atoms with van der Waals surface area (Å²) in [6, 6.07) is 10.2. The van der Waals surface area contributed by atoms with E-state index >= 15 is 0 Å². The minimum atomic E-state index is -2.91. The first-order chi connectivity index (χ1) is 10.2. The predicted octanol–water partition coefficient (Wildman–Crippen LogP) is 3.45. The molecule has 1 N–H and O–H groups in total. The van der Waals surface area contributed by atoms with Crippen LogP contribution in [0, 0.1) is 0 Å². The van der Waals surface area contributed by atoms with E-state index < -0.39 is 12.7 Å². The first-order valence-electron chi connectivity index (χ1n) is 6.82. The number of rotatable bonds is 4. The second-order valence-corrected chi connectivity index (χ2v) is 5.05. The number of nitrogens with zero attached hydrogens (tertiary/aromatic N) is 1. The number of aromatic nitrogens is 1. The average molecular weight is 291 g/mol. The van der Waals surface area contributed by atoms with Gasteiger partial charge in [0.25, 0.3) is 0 Å². The summed E-state index contributed by atoms with van der Waals surface area (Å²) in [5.41, 5.74) is 2.33. The van der Waals surface area contributed by atoms with E-state index in [1.165, 1.54) is 6.07 Å². The van der Waals surface area contributed by atoms with E-state index in [0.29, 0.717) is 5.56 Å². The van der Waals surface area contributed by atoms with E-state index in [2.05, 4.69) is 9.72 Å². The van der Waals surface area contributed by atoms with Gasteiger partial charge in [0.05, 0.1) is 6.10 Å². The van der Waals surface area contributed by atoms with Crippen molar-refractivity contribution in [3.8, 4) is 5.75 Å². The molecule has 1 heterocycles. The zero-order valence-electron chi connectivity index (χ0n) is 11.2. The molecule has 1 aromatic carbocycles. The fraction of sp³-hybridized carbons (Fsp3) is 0.312. The number of benzene rings is 1. The molecule has 1 aliphatic rings. The van der Waals surface area contributed by atoms with Gasteiger partial charge in [0.1, 0.15) is 5.75 Å². The summed E-state index contributed by atoms with van der Waals surface area (Å²) in [5, 5.41) is 10.6. The lowest BCUT2D eigenvalue weighted by atomic mass is 9.93. The molecule has 0 saturated heterocycles. The van der Waals surface area contributed by atoms with Crippen LogP contribution in [0.4, 0.5) is 8.78 Å². The van der Waals surface area contributed by atoms with Gasteiger partial charge in [-0.15, -0.1) is 0 Å². The van der Waals surface area contributed by atoms with Gasteiger partial charge in [-0.1, -0.05) is 24.3 Å². The number of ether oxygens (including phenoxy) is 1. The molecule has 0 amide bonds. The zero-order valence-corrected chi connectivity index (χ0v) is 11.2. The molecular weight excluding hydrogens is 276 g/mol. The molecule has 2 atom stereocenters. The van der Waals surface area contributed by atoms with Crippen LogP contribution >= 0.6 is 0 Å². The second-order valence-electron chi connectivity index (χ2n) is 5.05. The summed E-state index contributed by atoms with van der Waals surface area (Å²) in [4.78, 5) is 4.33. The number of alkyl halides is 2. The molecule has 0 radical (unpaired) electrons. The summed E-state index contributed by atoms with van der Waals surface area (Å²) in [6.07, 6.45) is 2.36. The largest absolute Gasteiger partial charge is 0.434 e. The average Bonchev–Trinajstić information content (AvgIpc) is 2.90. The van der Waals surface area contributed by atoms with Crippen molar-refractivity contribution >= 4 is 0 Å². The molecule has 1 aliphatic carbocycles. The van der Waals surface area contributed by atoms with Crippen LogP contribution < -0.4 is 4.74 Å². The van der Waals surface area contributed by atoms with Gasteiger partial charge in [0.15, 0.2) is 0 Å². The lowest BCUT2D eigenvalue weighted by Gasteiger charge is -2.21. The summed E-state index contributed by atoms with van der Waals surface area (Å²) in [7, 11) is 0. The fourth-order valence-electron chi connectivity index (χ4n) is 2.90. The van der Waals surface area contributed by atoms with Gasteiger partial charge in [-0.05, 0) is 30.5 Å². The van der Waals surface area contributed by atoms with Crippen molar-refractivity contribution in [1.82, 2.24) is 4.98 Å². The van der Waals surface area contributed by atoms with E-state index in [4.69, 9.17) is 0 Å². The third-order valence-electron chi connectivity index (χ3n) is 3.84. The summed E-state index contributed by atoms with van der Waals surface area (Å²) in [6.45, 7) is -2.91. The van der Waals surface area contributed by atoms with Gasteiger partial charge in [-0.2, -0.15) is 8.78 Å². The van der Waals surface area contributed by atoms with Gasteiger partial charge in [0.2, 0.25) is 0 Å². The van der Waals surface area contributed by atoms with Crippen molar-refractivity contribution in [1.29, 1.82) is 0 Å². The normalized spacial score (nSPS) is 18.6. The third-order valence-corrected chi connectivity index (χ3v) is 3.84. The Hall–Kier alpha value is -2.01. The van der Waals surface area contributed by atoms with Crippen LogP contribution in [0.15, 0.2) is 42.6 Å². The highest BCUT2D eigenvalue weighted by molar-refractivity contribution is 5.39. The van der Waals surface area contributed by atoms with Crippen LogP contribution in [0.25, 0.3) is 0 Å². The topological polar surface area (TPSA) is 42.4 Å². The number of hydrogen-bond donors (Lipinski definition) is 1. The summed E-state index contributed by atoms with van der Waals surface area (Å²) in [5.74, 6) is -0.173.